The minimum atomic E-state index is -1.58. The Hall–Kier alpha value is -4.19. The van der Waals surface area contributed by atoms with Gasteiger partial charge in [-0.2, -0.15) is 0 Å². The zero-order valence-corrected chi connectivity index (χ0v) is 53.8. The van der Waals surface area contributed by atoms with Crippen LogP contribution in [0.2, 0.25) is 0 Å². The van der Waals surface area contributed by atoms with Crippen molar-refractivity contribution in [3.63, 3.8) is 0 Å². The van der Waals surface area contributed by atoms with E-state index in [0.717, 1.165) is 122 Å². The van der Waals surface area contributed by atoms with E-state index in [1.807, 2.05) is 6.08 Å². The smallest absolute Gasteiger partial charge is 0.220 e. The maximum Gasteiger partial charge on any atom is 0.220 e. The normalized spacial score (nSPS) is 19.2. The van der Waals surface area contributed by atoms with Crippen LogP contribution >= 0.6 is 0 Å². The van der Waals surface area contributed by atoms with E-state index < -0.39 is 49.5 Å². The van der Waals surface area contributed by atoms with Gasteiger partial charge in [0.15, 0.2) is 6.29 Å². The van der Waals surface area contributed by atoms with Crippen molar-refractivity contribution in [2.24, 2.45) is 0 Å². The summed E-state index contributed by atoms with van der Waals surface area (Å²) in [7, 11) is 0. The Balaban J connectivity index is 2.19. The highest BCUT2D eigenvalue weighted by Gasteiger charge is 2.44. The molecule has 7 unspecified atom stereocenters. The third-order valence-corrected chi connectivity index (χ3v) is 15.1. The number of unbranched alkanes of at least 4 members (excludes halogenated alkanes) is 23. The molecular weight excluding hydrogens is 1050 g/mol. The second kappa shape index (κ2) is 62.8. The summed E-state index contributed by atoms with van der Waals surface area (Å²) in [4.78, 5) is 13.1. The first-order valence-corrected chi connectivity index (χ1v) is 34.2. The molecule has 0 bridgehead atoms. The van der Waals surface area contributed by atoms with Gasteiger partial charge in [0.1, 0.15) is 24.4 Å². The number of carbonyl (C=O) groups is 1. The van der Waals surface area contributed by atoms with E-state index in [4.69, 9.17) is 9.47 Å². The van der Waals surface area contributed by atoms with Crippen molar-refractivity contribution in [2.45, 2.75) is 301 Å². The standard InChI is InChI=1S/C76H125NO8/c1-3-5-7-9-11-13-15-17-19-21-23-25-26-27-28-29-30-31-32-33-34-35-36-37-38-39-40-41-42-43-44-46-48-50-52-54-56-58-60-62-64-66-72(80)77-69(68-84-76-75(83)74(82)73(81)71(67-78)85-76)70(79)65-63-61-59-57-55-53-51-49-47-45-24-22-20-18-16-14-12-10-8-6-4-2/h5,7,11,13,17,19,23,25,27-28,30-31,33-34,36-37,39-40,42-43,46,48,55,57,63,65,69-71,73-76,78-79,81-83H,3-4,6,8-10,12,14-16,18,20-22,24,26,29,32,35,38,41,44-45,47,49-54,56,58-62,64,66-68H2,1-2H3,(H,77,80)/b7-5-,13-11-,19-17-,25-23-,28-27-,31-30-,34-33-,37-36-,40-39-,43-42-,48-46-,57-55+,65-63+. The minimum Gasteiger partial charge on any atom is -0.394 e. The topological polar surface area (TPSA) is 149 Å². The number of ether oxygens (including phenoxy) is 2. The third-order valence-electron chi connectivity index (χ3n) is 15.1. The van der Waals surface area contributed by atoms with Crippen LogP contribution in [-0.4, -0.2) is 87.5 Å². The molecule has 1 heterocycles. The van der Waals surface area contributed by atoms with Gasteiger partial charge in [0.25, 0.3) is 0 Å². The fraction of sp³-hybridized carbons (Fsp3) is 0.645. The molecule has 1 amide bonds. The van der Waals surface area contributed by atoms with Crippen molar-refractivity contribution in [1.29, 1.82) is 0 Å². The Kier molecular flexibility index (Phi) is 58.3. The van der Waals surface area contributed by atoms with Gasteiger partial charge >= 0.3 is 0 Å². The Morgan fingerprint density at radius 2 is 0.741 bits per heavy atom. The number of aliphatic hydroxyl groups excluding tert-OH is 5. The molecule has 1 fully saturated rings. The van der Waals surface area contributed by atoms with Gasteiger partial charge in [0, 0.05) is 6.42 Å². The van der Waals surface area contributed by atoms with Crippen LogP contribution in [0.3, 0.4) is 0 Å². The van der Waals surface area contributed by atoms with Crippen LogP contribution in [-0.2, 0) is 14.3 Å². The van der Waals surface area contributed by atoms with Crippen molar-refractivity contribution in [2.75, 3.05) is 13.2 Å². The first kappa shape index (κ1) is 78.8. The number of rotatable bonds is 57. The highest BCUT2D eigenvalue weighted by molar-refractivity contribution is 5.76. The van der Waals surface area contributed by atoms with Gasteiger partial charge in [-0.05, 0) is 116 Å². The van der Waals surface area contributed by atoms with Crippen LogP contribution in [0.4, 0.5) is 0 Å². The lowest BCUT2D eigenvalue weighted by Crippen LogP contribution is -2.60. The van der Waals surface area contributed by atoms with Crippen LogP contribution < -0.4 is 5.32 Å². The van der Waals surface area contributed by atoms with E-state index in [-0.39, 0.29) is 12.5 Å². The number of carbonyl (C=O) groups excluding carboxylic acids is 1. The van der Waals surface area contributed by atoms with Gasteiger partial charge in [0.2, 0.25) is 5.91 Å². The first-order chi connectivity index (χ1) is 41.8. The lowest BCUT2D eigenvalue weighted by molar-refractivity contribution is -0.302. The molecule has 85 heavy (non-hydrogen) atoms. The van der Waals surface area contributed by atoms with E-state index >= 15 is 0 Å². The molecule has 0 aromatic carbocycles. The summed E-state index contributed by atoms with van der Waals surface area (Å²) in [5, 5.41) is 54.7. The van der Waals surface area contributed by atoms with Gasteiger partial charge < -0.3 is 40.3 Å². The third kappa shape index (κ3) is 51.6. The van der Waals surface area contributed by atoms with Gasteiger partial charge in [-0.15, -0.1) is 0 Å². The van der Waals surface area contributed by atoms with E-state index in [2.05, 4.69) is 165 Å². The van der Waals surface area contributed by atoms with E-state index in [1.54, 1.807) is 6.08 Å². The molecule has 1 saturated heterocycles. The van der Waals surface area contributed by atoms with Gasteiger partial charge in [0.05, 0.1) is 25.4 Å². The summed E-state index contributed by atoms with van der Waals surface area (Å²) >= 11 is 0. The van der Waals surface area contributed by atoms with Crippen LogP contribution in [0.15, 0.2) is 158 Å². The fourth-order valence-corrected chi connectivity index (χ4v) is 9.77. The zero-order valence-electron chi connectivity index (χ0n) is 53.8. The molecule has 1 rings (SSSR count). The number of allylic oxidation sites excluding steroid dienone is 25. The quantitative estimate of drug-likeness (QED) is 0.0261. The average molecular weight is 1180 g/mol. The second-order valence-electron chi connectivity index (χ2n) is 22.9. The Bertz CT molecular complexity index is 1900. The van der Waals surface area contributed by atoms with E-state index in [1.165, 1.54) is 116 Å². The largest absolute Gasteiger partial charge is 0.394 e. The van der Waals surface area contributed by atoms with Gasteiger partial charge in [-0.1, -0.05) is 294 Å². The second-order valence-corrected chi connectivity index (χ2v) is 22.9. The Labute approximate surface area is 520 Å². The van der Waals surface area contributed by atoms with Crippen molar-refractivity contribution >= 4 is 5.91 Å². The lowest BCUT2D eigenvalue weighted by atomic mass is 9.99. The van der Waals surface area contributed by atoms with Gasteiger partial charge in [-0.3, -0.25) is 4.79 Å². The van der Waals surface area contributed by atoms with Crippen molar-refractivity contribution < 1.29 is 39.8 Å². The van der Waals surface area contributed by atoms with Gasteiger partial charge in [-0.25, -0.2) is 0 Å². The summed E-state index contributed by atoms with van der Waals surface area (Å²) in [6.07, 6.45) is 91.9. The molecule has 0 aromatic rings. The number of aliphatic hydroxyl groups is 5. The molecule has 9 heteroatoms. The van der Waals surface area contributed by atoms with Crippen LogP contribution in [0.25, 0.3) is 0 Å². The van der Waals surface area contributed by atoms with Crippen molar-refractivity contribution in [3.05, 3.63) is 158 Å². The SMILES string of the molecule is CC/C=C\C/C=C\C/C=C\C/C=C\C/C=C\C/C=C\C/C=C\C/C=C\C/C=C\C/C=C\C/C=C\CCCCCCCCCC(=O)NC(COC1OC(CO)C(O)C(O)C1O)C(O)/C=C/CC/C=C/CCCCCCCCCCCCCCCCC. The highest BCUT2D eigenvalue weighted by Crippen LogP contribution is 2.23. The molecule has 0 saturated carbocycles. The molecule has 9 nitrogen and oxygen atoms in total. The van der Waals surface area contributed by atoms with Crippen LogP contribution in [0, 0.1) is 0 Å². The summed E-state index contributed by atoms with van der Waals surface area (Å²) in [6, 6.07) is -0.840. The van der Waals surface area contributed by atoms with E-state index in [9.17, 15) is 30.3 Å². The highest BCUT2D eigenvalue weighted by atomic mass is 16.7. The molecule has 0 aliphatic carbocycles. The molecule has 0 spiro atoms. The summed E-state index contributed by atoms with van der Waals surface area (Å²) in [6.45, 7) is 3.65. The first-order valence-electron chi connectivity index (χ1n) is 34.2. The van der Waals surface area contributed by atoms with Crippen molar-refractivity contribution in [1.82, 2.24) is 5.32 Å². The molecule has 7 atom stereocenters. The maximum atomic E-state index is 13.1. The molecule has 0 aromatic heterocycles. The molecule has 6 N–H and O–H groups in total. The summed E-state index contributed by atoms with van der Waals surface area (Å²) < 4.78 is 11.3. The molecule has 0 radical (unpaired) electrons. The summed E-state index contributed by atoms with van der Waals surface area (Å²) in [5.41, 5.74) is 0. The van der Waals surface area contributed by atoms with Crippen molar-refractivity contribution in [3.8, 4) is 0 Å². The zero-order chi connectivity index (χ0) is 61.4. The Morgan fingerprint density at radius 1 is 0.412 bits per heavy atom. The minimum absolute atomic E-state index is 0.203. The number of hydrogen-bond acceptors (Lipinski definition) is 8. The molecule has 482 valence electrons. The summed E-state index contributed by atoms with van der Waals surface area (Å²) in [5.74, 6) is -0.203. The van der Waals surface area contributed by atoms with Crippen LogP contribution in [0.1, 0.15) is 258 Å². The molecular formula is C76H125NO8. The maximum absolute atomic E-state index is 13.1. The van der Waals surface area contributed by atoms with Crippen LogP contribution in [0.5, 0.6) is 0 Å². The molecule has 1 aliphatic rings. The molecule has 1 aliphatic heterocycles. The fourth-order valence-electron chi connectivity index (χ4n) is 9.77. The predicted molar refractivity (Wildman–Crippen MR) is 363 cm³/mol. The number of amides is 1. The number of hydrogen-bond donors (Lipinski definition) is 6. The van der Waals surface area contributed by atoms with E-state index in [0.29, 0.717) is 6.42 Å². The average Bonchev–Trinajstić information content (AvgIpc) is 3.68. The predicted octanol–water partition coefficient (Wildman–Crippen LogP) is 18.7. The lowest BCUT2D eigenvalue weighted by Gasteiger charge is -2.40. The Morgan fingerprint density at radius 3 is 1.13 bits per heavy atom. The monoisotopic (exact) mass is 1180 g/mol. The number of nitrogens with one attached hydrogen (secondary N) is 1.